The van der Waals surface area contributed by atoms with Crippen LogP contribution < -0.4 is 5.32 Å². The Morgan fingerprint density at radius 1 is 1.42 bits per heavy atom. The van der Waals surface area contributed by atoms with Crippen molar-refractivity contribution >= 4 is 21.8 Å². The molecule has 0 aromatic heterocycles. The Bertz CT molecular complexity index is 461. The lowest BCUT2D eigenvalue weighted by Crippen LogP contribution is -2.34. The van der Waals surface area contributed by atoms with E-state index in [0.29, 0.717) is 22.9 Å². The first-order valence-electron chi connectivity index (χ1n) is 6.80. The van der Waals surface area contributed by atoms with Crippen LogP contribution in [0.25, 0.3) is 0 Å². The summed E-state index contributed by atoms with van der Waals surface area (Å²) in [4.78, 5) is 12.6. The molecule has 1 aromatic rings. The minimum atomic E-state index is -0.0617. The molecule has 1 aliphatic carbocycles. The maximum Gasteiger partial charge on any atom is 0.251 e. The molecule has 2 unspecified atom stereocenters. The molecule has 0 aliphatic heterocycles. The topological polar surface area (TPSA) is 49.3 Å². The van der Waals surface area contributed by atoms with E-state index in [1.54, 1.807) is 25.1 Å². The highest BCUT2D eigenvalue weighted by Crippen LogP contribution is 2.29. The number of phenols is 1. The van der Waals surface area contributed by atoms with Crippen LogP contribution in [0.1, 0.15) is 41.6 Å². The average molecular weight is 326 g/mol. The molecule has 104 valence electrons. The van der Waals surface area contributed by atoms with Gasteiger partial charge in [0.2, 0.25) is 0 Å². The first-order chi connectivity index (χ1) is 9.08. The van der Waals surface area contributed by atoms with Crippen LogP contribution in [0, 0.1) is 12.8 Å². The molecule has 2 N–H and O–H groups in total. The van der Waals surface area contributed by atoms with Gasteiger partial charge in [0.1, 0.15) is 5.75 Å². The zero-order valence-electron chi connectivity index (χ0n) is 11.2. The van der Waals surface area contributed by atoms with Crippen LogP contribution in [0.3, 0.4) is 0 Å². The Morgan fingerprint density at radius 2 is 2.16 bits per heavy atom. The second kappa shape index (κ2) is 6.42. The van der Waals surface area contributed by atoms with Crippen molar-refractivity contribution in [1.82, 2.24) is 5.32 Å². The van der Waals surface area contributed by atoms with Crippen LogP contribution in [0.4, 0.5) is 0 Å². The standard InChI is InChI=1S/C15H20BrNO2/c1-10-8-11(6-7-14(10)18)15(19)17-9-12-4-2-3-5-13(12)16/h6-8,12-13,18H,2-5,9H2,1H3,(H,17,19). The van der Waals surface area contributed by atoms with E-state index < -0.39 is 0 Å². The third-order valence-corrected chi connectivity index (χ3v) is 5.01. The summed E-state index contributed by atoms with van der Waals surface area (Å²) >= 11 is 3.70. The number of alkyl halides is 1. The lowest BCUT2D eigenvalue weighted by molar-refractivity contribution is 0.0944. The third kappa shape index (κ3) is 3.72. The first kappa shape index (κ1) is 14.4. The highest BCUT2D eigenvalue weighted by Gasteiger charge is 2.23. The molecule has 3 nitrogen and oxygen atoms in total. The number of aromatic hydroxyl groups is 1. The molecular formula is C15H20BrNO2. The number of hydrogen-bond donors (Lipinski definition) is 2. The average Bonchev–Trinajstić information content (AvgIpc) is 2.40. The fourth-order valence-electron chi connectivity index (χ4n) is 2.51. The van der Waals surface area contributed by atoms with Crippen molar-refractivity contribution < 1.29 is 9.90 Å². The smallest absolute Gasteiger partial charge is 0.251 e. The number of amides is 1. The van der Waals surface area contributed by atoms with E-state index in [0.717, 1.165) is 5.56 Å². The summed E-state index contributed by atoms with van der Waals surface area (Å²) in [5, 5.41) is 12.5. The number of halogens is 1. The normalized spacial score (nSPS) is 23.1. The second-order valence-electron chi connectivity index (χ2n) is 5.27. The Kier molecular flexibility index (Phi) is 4.86. The number of benzene rings is 1. The van der Waals surface area contributed by atoms with Crippen molar-refractivity contribution in [3.8, 4) is 5.75 Å². The van der Waals surface area contributed by atoms with Gasteiger partial charge in [0.15, 0.2) is 0 Å². The van der Waals surface area contributed by atoms with Gasteiger partial charge >= 0.3 is 0 Å². The number of carbonyl (C=O) groups is 1. The van der Waals surface area contributed by atoms with Crippen LogP contribution in [0.5, 0.6) is 5.75 Å². The minimum absolute atomic E-state index is 0.0617. The zero-order chi connectivity index (χ0) is 13.8. The van der Waals surface area contributed by atoms with E-state index in [1.165, 1.54) is 25.7 Å². The van der Waals surface area contributed by atoms with Crippen LogP contribution >= 0.6 is 15.9 Å². The predicted molar refractivity (Wildman–Crippen MR) is 79.9 cm³/mol. The number of aryl methyl sites for hydroxylation is 1. The molecule has 1 fully saturated rings. The van der Waals surface area contributed by atoms with E-state index in [9.17, 15) is 9.90 Å². The number of hydrogen-bond acceptors (Lipinski definition) is 2. The zero-order valence-corrected chi connectivity index (χ0v) is 12.7. The van der Waals surface area contributed by atoms with E-state index in [4.69, 9.17) is 0 Å². The predicted octanol–water partition coefficient (Wildman–Crippen LogP) is 3.38. The molecule has 1 aliphatic rings. The SMILES string of the molecule is Cc1cc(C(=O)NCC2CCCCC2Br)ccc1O. The minimum Gasteiger partial charge on any atom is -0.508 e. The first-order valence-corrected chi connectivity index (χ1v) is 7.71. The van der Waals surface area contributed by atoms with Crippen molar-refractivity contribution in [3.63, 3.8) is 0 Å². The van der Waals surface area contributed by atoms with Gasteiger partial charge in [-0.05, 0) is 49.4 Å². The lowest BCUT2D eigenvalue weighted by Gasteiger charge is -2.27. The monoisotopic (exact) mass is 325 g/mol. The molecular weight excluding hydrogens is 306 g/mol. The number of nitrogens with one attached hydrogen (secondary N) is 1. The number of phenolic OH excluding ortho intramolecular Hbond substituents is 1. The van der Waals surface area contributed by atoms with Crippen molar-refractivity contribution in [3.05, 3.63) is 29.3 Å². The molecule has 2 rings (SSSR count). The van der Waals surface area contributed by atoms with Crippen LogP contribution in [0.15, 0.2) is 18.2 Å². The van der Waals surface area contributed by atoms with Crippen molar-refractivity contribution in [2.24, 2.45) is 5.92 Å². The maximum atomic E-state index is 12.0. The molecule has 4 heteroatoms. The highest BCUT2D eigenvalue weighted by atomic mass is 79.9. The summed E-state index contributed by atoms with van der Waals surface area (Å²) < 4.78 is 0. The summed E-state index contributed by atoms with van der Waals surface area (Å²) in [5.74, 6) is 0.689. The molecule has 0 bridgehead atoms. The molecule has 0 spiro atoms. The van der Waals surface area contributed by atoms with Crippen molar-refractivity contribution in [2.75, 3.05) is 6.54 Å². The van der Waals surface area contributed by atoms with Gasteiger partial charge in [-0.15, -0.1) is 0 Å². The van der Waals surface area contributed by atoms with Gasteiger partial charge in [-0.3, -0.25) is 4.79 Å². The highest BCUT2D eigenvalue weighted by molar-refractivity contribution is 9.09. The number of carbonyl (C=O) groups excluding carboxylic acids is 1. The molecule has 1 saturated carbocycles. The number of rotatable bonds is 3. The van der Waals surface area contributed by atoms with Crippen molar-refractivity contribution in [2.45, 2.75) is 37.4 Å². The molecule has 1 amide bonds. The fraction of sp³-hybridized carbons (Fsp3) is 0.533. The van der Waals surface area contributed by atoms with Crippen LogP contribution in [-0.4, -0.2) is 22.4 Å². The van der Waals surface area contributed by atoms with Gasteiger partial charge in [-0.25, -0.2) is 0 Å². The van der Waals surface area contributed by atoms with Gasteiger partial charge < -0.3 is 10.4 Å². The molecule has 19 heavy (non-hydrogen) atoms. The summed E-state index contributed by atoms with van der Waals surface area (Å²) in [6.45, 7) is 2.51. The Balaban J connectivity index is 1.91. The van der Waals surface area contributed by atoms with Gasteiger partial charge in [-0.1, -0.05) is 28.8 Å². The summed E-state index contributed by atoms with van der Waals surface area (Å²) in [6, 6.07) is 4.94. The molecule has 0 saturated heterocycles. The summed E-state index contributed by atoms with van der Waals surface area (Å²) in [6.07, 6.45) is 4.89. The Morgan fingerprint density at radius 3 is 2.84 bits per heavy atom. The molecule has 0 heterocycles. The van der Waals surface area contributed by atoms with Gasteiger partial charge in [0, 0.05) is 16.9 Å². The Hall–Kier alpha value is -1.03. The van der Waals surface area contributed by atoms with E-state index in [2.05, 4.69) is 21.2 Å². The molecule has 2 atom stereocenters. The molecule has 0 radical (unpaired) electrons. The van der Waals surface area contributed by atoms with Crippen LogP contribution in [-0.2, 0) is 0 Å². The second-order valence-corrected chi connectivity index (χ2v) is 6.45. The summed E-state index contributed by atoms with van der Waals surface area (Å²) in [7, 11) is 0. The van der Waals surface area contributed by atoms with Gasteiger partial charge in [0.25, 0.3) is 5.91 Å². The van der Waals surface area contributed by atoms with E-state index in [1.807, 2.05) is 0 Å². The van der Waals surface area contributed by atoms with Crippen molar-refractivity contribution in [1.29, 1.82) is 0 Å². The quantitative estimate of drug-likeness (QED) is 0.837. The van der Waals surface area contributed by atoms with E-state index in [-0.39, 0.29) is 11.7 Å². The van der Waals surface area contributed by atoms with Gasteiger partial charge in [0.05, 0.1) is 0 Å². The van der Waals surface area contributed by atoms with E-state index >= 15 is 0 Å². The summed E-state index contributed by atoms with van der Waals surface area (Å²) in [5.41, 5.74) is 1.33. The fourth-order valence-corrected chi connectivity index (χ4v) is 3.29. The van der Waals surface area contributed by atoms with Crippen LogP contribution in [0.2, 0.25) is 0 Å². The third-order valence-electron chi connectivity index (χ3n) is 3.80. The largest absolute Gasteiger partial charge is 0.508 e. The van der Waals surface area contributed by atoms with Gasteiger partial charge in [-0.2, -0.15) is 0 Å². The lowest BCUT2D eigenvalue weighted by atomic mass is 9.89. The molecule has 1 aromatic carbocycles. The maximum absolute atomic E-state index is 12.0. The Labute approximate surface area is 122 Å².